The van der Waals surface area contributed by atoms with Gasteiger partial charge in [0, 0.05) is 13.6 Å². The molecule has 2 rings (SSSR count). The molecule has 0 saturated carbocycles. The number of amides is 1. The molecule has 0 atom stereocenters. The second-order valence-corrected chi connectivity index (χ2v) is 7.01. The van der Waals surface area contributed by atoms with Crippen LogP contribution >= 0.6 is 23.4 Å². The average molecular weight is 369 g/mol. The second kappa shape index (κ2) is 8.94. The highest BCUT2D eigenvalue weighted by Crippen LogP contribution is 2.24. The summed E-state index contributed by atoms with van der Waals surface area (Å²) in [6.07, 6.45) is 0. The number of carbonyl (C=O) groups excluding carboxylic acids is 1. The summed E-state index contributed by atoms with van der Waals surface area (Å²) >= 11 is 7.40. The van der Waals surface area contributed by atoms with Crippen molar-refractivity contribution >= 4 is 29.3 Å². The van der Waals surface area contributed by atoms with Gasteiger partial charge in [-0.15, -0.1) is 10.2 Å². The Morgan fingerprint density at radius 2 is 2.12 bits per heavy atom. The third-order valence-corrected chi connectivity index (χ3v) is 4.49. The SMILES string of the molecule is CC(C)CNC(=O)CSc1nnc(COc2ccccc2Cl)n1C. The van der Waals surface area contributed by atoms with E-state index in [9.17, 15) is 4.79 Å². The van der Waals surface area contributed by atoms with Gasteiger partial charge in [0.2, 0.25) is 5.91 Å². The molecule has 2 aromatic rings. The van der Waals surface area contributed by atoms with Crippen molar-refractivity contribution < 1.29 is 9.53 Å². The molecule has 6 nitrogen and oxygen atoms in total. The summed E-state index contributed by atoms with van der Waals surface area (Å²) in [6.45, 7) is 5.05. The Hall–Kier alpha value is -1.73. The first-order valence-electron chi connectivity index (χ1n) is 7.62. The van der Waals surface area contributed by atoms with Gasteiger partial charge in [-0.3, -0.25) is 4.79 Å². The number of benzene rings is 1. The predicted octanol–water partition coefficient (Wildman–Crippen LogP) is 2.91. The maximum atomic E-state index is 11.8. The molecule has 1 heterocycles. The van der Waals surface area contributed by atoms with Crippen LogP contribution in [0.15, 0.2) is 29.4 Å². The molecule has 0 radical (unpaired) electrons. The monoisotopic (exact) mass is 368 g/mol. The van der Waals surface area contributed by atoms with Gasteiger partial charge in [-0.1, -0.05) is 49.3 Å². The zero-order chi connectivity index (χ0) is 17.5. The van der Waals surface area contributed by atoms with Gasteiger partial charge in [0.25, 0.3) is 0 Å². The highest BCUT2D eigenvalue weighted by molar-refractivity contribution is 7.99. The topological polar surface area (TPSA) is 69.0 Å². The minimum Gasteiger partial charge on any atom is -0.484 e. The van der Waals surface area contributed by atoms with E-state index in [1.165, 1.54) is 11.8 Å². The molecule has 1 aromatic carbocycles. The Morgan fingerprint density at radius 3 is 2.83 bits per heavy atom. The van der Waals surface area contributed by atoms with E-state index in [-0.39, 0.29) is 12.5 Å². The zero-order valence-corrected chi connectivity index (χ0v) is 15.5. The van der Waals surface area contributed by atoms with E-state index in [1.54, 1.807) is 12.1 Å². The lowest BCUT2D eigenvalue weighted by molar-refractivity contribution is -0.118. The van der Waals surface area contributed by atoms with Gasteiger partial charge in [-0.05, 0) is 18.1 Å². The Bertz CT molecular complexity index is 690. The Morgan fingerprint density at radius 1 is 1.38 bits per heavy atom. The van der Waals surface area contributed by atoms with Gasteiger partial charge in [-0.2, -0.15) is 0 Å². The fourth-order valence-electron chi connectivity index (χ4n) is 1.80. The summed E-state index contributed by atoms with van der Waals surface area (Å²) in [5.74, 6) is 2.00. The number of carbonyl (C=O) groups is 1. The third-order valence-electron chi connectivity index (χ3n) is 3.16. The highest BCUT2D eigenvalue weighted by atomic mass is 35.5. The van der Waals surface area contributed by atoms with Gasteiger partial charge in [-0.25, -0.2) is 0 Å². The number of thioether (sulfide) groups is 1. The standard InChI is InChI=1S/C16H21ClN4O2S/c1-11(2)8-18-15(22)10-24-16-20-19-14(21(16)3)9-23-13-7-5-4-6-12(13)17/h4-7,11H,8-10H2,1-3H3,(H,18,22). The Kier molecular flexibility index (Phi) is 6.93. The fourth-order valence-corrected chi connectivity index (χ4v) is 2.75. The number of rotatable bonds is 8. The maximum Gasteiger partial charge on any atom is 0.230 e. The van der Waals surface area contributed by atoms with E-state index in [2.05, 4.69) is 29.4 Å². The van der Waals surface area contributed by atoms with Crippen LogP contribution in [0.1, 0.15) is 19.7 Å². The van der Waals surface area contributed by atoms with Gasteiger partial charge in [0.1, 0.15) is 12.4 Å². The van der Waals surface area contributed by atoms with Crippen molar-refractivity contribution in [2.75, 3.05) is 12.3 Å². The van der Waals surface area contributed by atoms with Crippen LogP contribution < -0.4 is 10.1 Å². The van der Waals surface area contributed by atoms with Crippen LogP contribution in [-0.2, 0) is 18.4 Å². The molecule has 130 valence electrons. The molecule has 0 aliphatic heterocycles. The molecule has 0 bridgehead atoms. The minimum absolute atomic E-state index is 0.00873. The molecule has 8 heteroatoms. The predicted molar refractivity (Wildman–Crippen MR) is 95.4 cm³/mol. The van der Waals surface area contributed by atoms with Gasteiger partial charge in [0.15, 0.2) is 11.0 Å². The first kappa shape index (κ1) is 18.6. The molecule has 0 aliphatic rings. The highest BCUT2D eigenvalue weighted by Gasteiger charge is 2.12. The number of halogens is 1. The molecule has 0 unspecified atom stereocenters. The second-order valence-electron chi connectivity index (χ2n) is 5.66. The van der Waals surface area contributed by atoms with E-state index in [4.69, 9.17) is 16.3 Å². The summed E-state index contributed by atoms with van der Waals surface area (Å²) in [5, 5.41) is 12.3. The molecule has 1 amide bonds. The van der Waals surface area contributed by atoms with Crippen molar-refractivity contribution in [1.82, 2.24) is 20.1 Å². The van der Waals surface area contributed by atoms with Crippen molar-refractivity contribution in [1.29, 1.82) is 0 Å². The zero-order valence-electron chi connectivity index (χ0n) is 14.0. The van der Waals surface area contributed by atoms with E-state index >= 15 is 0 Å². The van der Waals surface area contributed by atoms with Gasteiger partial charge >= 0.3 is 0 Å². The van der Waals surface area contributed by atoms with Crippen LogP contribution in [0.25, 0.3) is 0 Å². The van der Waals surface area contributed by atoms with E-state index in [0.717, 1.165) is 0 Å². The van der Waals surface area contributed by atoms with E-state index < -0.39 is 0 Å². The fraction of sp³-hybridized carbons (Fsp3) is 0.438. The molecule has 24 heavy (non-hydrogen) atoms. The van der Waals surface area contributed by atoms with Crippen LogP contribution in [0.5, 0.6) is 5.75 Å². The summed E-state index contributed by atoms with van der Waals surface area (Å²) in [4.78, 5) is 11.8. The molecule has 0 saturated heterocycles. The minimum atomic E-state index is -0.00873. The van der Waals surface area contributed by atoms with Crippen molar-refractivity contribution in [3.63, 3.8) is 0 Å². The molecular formula is C16H21ClN4O2S. The van der Waals surface area contributed by atoms with E-state index in [1.807, 2.05) is 23.7 Å². The van der Waals surface area contributed by atoms with Crippen LogP contribution in [0, 0.1) is 5.92 Å². The summed E-state index contributed by atoms with van der Waals surface area (Å²) < 4.78 is 7.48. The summed E-state index contributed by atoms with van der Waals surface area (Å²) in [5.41, 5.74) is 0. The quantitative estimate of drug-likeness (QED) is 0.725. The number of aromatic nitrogens is 3. The molecular weight excluding hydrogens is 348 g/mol. The number of para-hydroxylation sites is 1. The summed E-state index contributed by atoms with van der Waals surface area (Å²) in [6, 6.07) is 7.27. The van der Waals surface area contributed by atoms with Crippen molar-refractivity contribution in [2.24, 2.45) is 13.0 Å². The molecule has 0 fully saturated rings. The Labute approximate surface area is 150 Å². The number of hydrogen-bond donors (Lipinski definition) is 1. The van der Waals surface area contributed by atoms with Crippen molar-refractivity contribution in [3.8, 4) is 5.75 Å². The maximum absolute atomic E-state index is 11.8. The number of nitrogens with one attached hydrogen (secondary N) is 1. The lowest BCUT2D eigenvalue weighted by Crippen LogP contribution is -2.28. The molecule has 1 N–H and O–H groups in total. The van der Waals surface area contributed by atoms with Gasteiger partial charge in [0.05, 0.1) is 10.8 Å². The normalized spacial score (nSPS) is 10.9. The molecule has 1 aromatic heterocycles. The lowest BCUT2D eigenvalue weighted by Gasteiger charge is -2.08. The van der Waals surface area contributed by atoms with Crippen LogP contribution in [0.2, 0.25) is 5.02 Å². The first-order valence-corrected chi connectivity index (χ1v) is 8.98. The number of ether oxygens (including phenoxy) is 1. The molecule has 0 spiro atoms. The largest absolute Gasteiger partial charge is 0.484 e. The van der Waals surface area contributed by atoms with Crippen LogP contribution in [-0.4, -0.2) is 33.0 Å². The average Bonchev–Trinajstić information content (AvgIpc) is 2.90. The number of nitrogens with zero attached hydrogens (tertiary/aromatic N) is 3. The number of hydrogen-bond acceptors (Lipinski definition) is 5. The van der Waals surface area contributed by atoms with E-state index in [0.29, 0.717) is 40.0 Å². The van der Waals surface area contributed by atoms with Crippen molar-refractivity contribution in [2.45, 2.75) is 25.6 Å². The smallest absolute Gasteiger partial charge is 0.230 e. The Balaban J connectivity index is 1.87. The summed E-state index contributed by atoms with van der Waals surface area (Å²) in [7, 11) is 1.85. The third kappa shape index (κ3) is 5.42. The molecule has 0 aliphatic carbocycles. The van der Waals surface area contributed by atoms with Crippen LogP contribution in [0.4, 0.5) is 0 Å². The lowest BCUT2D eigenvalue weighted by atomic mass is 10.2. The van der Waals surface area contributed by atoms with Crippen molar-refractivity contribution in [3.05, 3.63) is 35.1 Å². The van der Waals surface area contributed by atoms with Gasteiger partial charge < -0.3 is 14.6 Å². The first-order chi connectivity index (χ1) is 11.5. The van der Waals surface area contributed by atoms with Crippen LogP contribution in [0.3, 0.4) is 0 Å².